The molecule has 15 heavy (non-hydrogen) atoms. The summed E-state index contributed by atoms with van der Waals surface area (Å²) in [4.78, 5) is 14.3. The zero-order chi connectivity index (χ0) is 10.6. The van der Waals surface area contributed by atoms with Crippen LogP contribution in [-0.4, -0.2) is 33.8 Å². The molecule has 0 aromatic carbocycles. The van der Waals surface area contributed by atoms with Crippen LogP contribution in [0.2, 0.25) is 0 Å². The minimum Gasteiger partial charge on any atom is -0.480 e. The van der Waals surface area contributed by atoms with Gasteiger partial charge >= 0.3 is 5.97 Å². The van der Waals surface area contributed by atoms with Crippen LogP contribution < -0.4 is 0 Å². The Morgan fingerprint density at radius 3 is 2.87 bits per heavy atom. The lowest BCUT2D eigenvalue weighted by atomic mass is 10.3. The van der Waals surface area contributed by atoms with Crippen LogP contribution >= 0.6 is 12.4 Å². The van der Waals surface area contributed by atoms with Crippen LogP contribution in [-0.2, 0) is 9.53 Å². The van der Waals surface area contributed by atoms with Crippen molar-refractivity contribution in [2.45, 2.75) is 19.9 Å². The maximum atomic E-state index is 10.2. The van der Waals surface area contributed by atoms with Crippen LogP contribution in [0.4, 0.5) is 0 Å². The third-order valence-electron chi connectivity index (χ3n) is 1.92. The van der Waals surface area contributed by atoms with Gasteiger partial charge in [-0.2, -0.15) is 0 Å². The Hall–Kier alpha value is -1.07. The van der Waals surface area contributed by atoms with Crippen molar-refractivity contribution in [1.82, 2.24) is 9.55 Å². The molecule has 1 atom stereocenters. The summed E-state index contributed by atoms with van der Waals surface area (Å²) in [5.41, 5.74) is 0. The molecule has 0 fully saturated rings. The second kappa shape index (κ2) is 6.42. The Bertz CT molecular complexity index is 314. The molecular weight excluding hydrogens is 220 g/mol. The molecule has 5 nitrogen and oxygen atoms in total. The van der Waals surface area contributed by atoms with Gasteiger partial charge in [-0.25, -0.2) is 9.78 Å². The number of aliphatic carboxylic acids is 1. The fourth-order valence-corrected chi connectivity index (χ4v) is 1.25. The highest BCUT2D eigenvalue weighted by Crippen LogP contribution is 2.08. The summed E-state index contributed by atoms with van der Waals surface area (Å²) in [7, 11) is 0. The zero-order valence-electron chi connectivity index (χ0n) is 8.71. The third-order valence-corrected chi connectivity index (χ3v) is 1.92. The number of imidazole rings is 1. The lowest BCUT2D eigenvalue weighted by Gasteiger charge is -2.14. The molecule has 1 aromatic heterocycles. The number of rotatable bonds is 5. The Labute approximate surface area is 94.5 Å². The van der Waals surface area contributed by atoms with Crippen molar-refractivity contribution in [2.24, 2.45) is 0 Å². The summed E-state index contributed by atoms with van der Waals surface area (Å²) >= 11 is 0. The fraction of sp³-hybridized carbons (Fsp3) is 0.556. The standard InChI is InChI=1S/C9H14N2O3.ClH/c1-7(5-14-6-9(12)13)11-4-3-10-8(11)2;/h3-4,7H,5-6H2,1-2H3,(H,12,13);1H. The van der Waals surface area contributed by atoms with E-state index in [4.69, 9.17) is 9.84 Å². The van der Waals surface area contributed by atoms with Gasteiger partial charge in [0, 0.05) is 12.4 Å². The van der Waals surface area contributed by atoms with E-state index in [1.165, 1.54) is 0 Å². The second-order valence-electron chi connectivity index (χ2n) is 3.14. The van der Waals surface area contributed by atoms with Crippen LogP contribution in [0.5, 0.6) is 0 Å². The molecule has 0 saturated heterocycles. The molecule has 0 amide bonds. The quantitative estimate of drug-likeness (QED) is 0.834. The molecule has 0 radical (unpaired) electrons. The minimum absolute atomic E-state index is 0. The van der Waals surface area contributed by atoms with Gasteiger partial charge in [-0.15, -0.1) is 12.4 Å². The average molecular weight is 235 g/mol. The first-order chi connectivity index (χ1) is 6.61. The second-order valence-corrected chi connectivity index (χ2v) is 3.14. The zero-order valence-corrected chi connectivity index (χ0v) is 9.53. The molecule has 0 bridgehead atoms. The maximum absolute atomic E-state index is 10.2. The predicted octanol–water partition coefficient (Wildman–Crippen LogP) is 1.28. The lowest BCUT2D eigenvalue weighted by molar-refractivity contribution is -0.142. The Kier molecular flexibility index (Phi) is 5.96. The number of aryl methyl sites for hydroxylation is 1. The molecule has 1 aromatic rings. The number of nitrogens with zero attached hydrogens (tertiary/aromatic N) is 2. The highest BCUT2D eigenvalue weighted by molar-refractivity contribution is 5.85. The molecule has 1 rings (SSSR count). The molecule has 1 unspecified atom stereocenters. The number of aromatic nitrogens is 2. The molecule has 0 spiro atoms. The molecule has 0 aliphatic rings. The van der Waals surface area contributed by atoms with Crippen molar-refractivity contribution in [3.63, 3.8) is 0 Å². The first kappa shape index (κ1) is 13.9. The normalized spacial score (nSPS) is 11.9. The predicted molar refractivity (Wildman–Crippen MR) is 57.4 cm³/mol. The van der Waals surface area contributed by atoms with Crippen LogP contribution in [0.25, 0.3) is 0 Å². The van der Waals surface area contributed by atoms with E-state index in [0.29, 0.717) is 6.61 Å². The van der Waals surface area contributed by atoms with E-state index in [-0.39, 0.29) is 25.1 Å². The Morgan fingerprint density at radius 2 is 2.40 bits per heavy atom. The van der Waals surface area contributed by atoms with Gasteiger partial charge < -0.3 is 14.4 Å². The van der Waals surface area contributed by atoms with Crippen molar-refractivity contribution in [1.29, 1.82) is 0 Å². The molecule has 0 saturated carbocycles. The smallest absolute Gasteiger partial charge is 0.329 e. The summed E-state index contributed by atoms with van der Waals surface area (Å²) < 4.78 is 6.93. The molecule has 0 aliphatic carbocycles. The number of hydrogen-bond donors (Lipinski definition) is 1. The van der Waals surface area contributed by atoms with Crippen LogP contribution in [0.3, 0.4) is 0 Å². The molecule has 6 heteroatoms. The molecule has 86 valence electrons. The first-order valence-corrected chi connectivity index (χ1v) is 4.40. The number of carboxylic acids is 1. The van der Waals surface area contributed by atoms with Crippen molar-refractivity contribution in [3.8, 4) is 0 Å². The van der Waals surface area contributed by atoms with Crippen LogP contribution in [0.1, 0.15) is 18.8 Å². The maximum Gasteiger partial charge on any atom is 0.329 e. The fourth-order valence-electron chi connectivity index (χ4n) is 1.25. The van der Waals surface area contributed by atoms with Gasteiger partial charge in [-0.05, 0) is 13.8 Å². The summed E-state index contributed by atoms with van der Waals surface area (Å²) in [5.74, 6) is -0.0454. The monoisotopic (exact) mass is 234 g/mol. The number of halogens is 1. The van der Waals surface area contributed by atoms with Gasteiger partial charge in [0.2, 0.25) is 0 Å². The van der Waals surface area contributed by atoms with Crippen LogP contribution in [0.15, 0.2) is 12.4 Å². The largest absolute Gasteiger partial charge is 0.480 e. The van der Waals surface area contributed by atoms with Gasteiger partial charge in [0.15, 0.2) is 0 Å². The van der Waals surface area contributed by atoms with Crippen LogP contribution in [0, 0.1) is 6.92 Å². The van der Waals surface area contributed by atoms with Crippen molar-refractivity contribution >= 4 is 18.4 Å². The third kappa shape index (κ3) is 4.31. The highest BCUT2D eigenvalue weighted by Gasteiger charge is 2.07. The lowest BCUT2D eigenvalue weighted by Crippen LogP contribution is -2.16. The average Bonchev–Trinajstić information content (AvgIpc) is 2.50. The Morgan fingerprint density at radius 1 is 1.73 bits per heavy atom. The van der Waals surface area contributed by atoms with Gasteiger partial charge in [0.1, 0.15) is 12.4 Å². The Balaban J connectivity index is 0.00000196. The van der Waals surface area contributed by atoms with E-state index in [1.807, 2.05) is 24.6 Å². The van der Waals surface area contributed by atoms with Gasteiger partial charge in [-0.1, -0.05) is 0 Å². The molecule has 1 heterocycles. The number of carbonyl (C=O) groups is 1. The van der Waals surface area contributed by atoms with Crippen molar-refractivity contribution < 1.29 is 14.6 Å². The number of ether oxygens (including phenoxy) is 1. The van der Waals surface area contributed by atoms with E-state index in [0.717, 1.165) is 5.82 Å². The van der Waals surface area contributed by atoms with Gasteiger partial charge in [-0.3, -0.25) is 0 Å². The van der Waals surface area contributed by atoms with E-state index >= 15 is 0 Å². The summed E-state index contributed by atoms with van der Waals surface area (Å²) in [6, 6.07) is 0.108. The van der Waals surface area contributed by atoms with Gasteiger partial charge in [0.05, 0.1) is 12.6 Å². The highest BCUT2D eigenvalue weighted by atomic mass is 35.5. The SMILES string of the molecule is Cc1nccn1C(C)COCC(=O)O.Cl. The molecule has 0 aliphatic heterocycles. The van der Waals surface area contributed by atoms with E-state index in [1.54, 1.807) is 6.20 Å². The van der Waals surface area contributed by atoms with E-state index in [2.05, 4.69) is 4.98 Å². The minimum atomic E-state index is -0.945. The van der Waals surface area contributed by atoms with Crippen molar-refractivity contribution in [3.05, 3.63) is 18.2 Å². The van der Waals surface area contributed by atoms with E-state index in [9.17, 15) is 4.79 Å². The van der Waals surface area contributed by atoms with Gasteiger partial charge in [0.25, 0.3) is 0 Å². The first-order valence-electron chi connectivity index (χ1n) is 4.40. The van der Waals surface area contributed by atoms with Crippen molar-refractivity contribution in [2.75, 3.05) is 13.2 Å². The summed E-state index contributed by atoms with van der Waals surface area (Å²) in [6.07, 6.45) is 3.56. The molecular formula is C9H15ClN2O3. The summed E-state index contributed by atoms with van der Waals surface area (Å²) in [6.45, 7) is 3.98. The molecule has 1 N–H and O–H groups in total. The number of hydrogen-bond acceptors (Lipinski definition) is 3. The van der Waals surface area contributed by atoms with E-state index < -0.39 is 5.97 Å². The topological polar surface area (TPSA) is 64.4 Å². The summed E-state index contributed by atoms with van der Waals surface area (Å²) in [5, 5.41) is 8.37. The number of carboxylic acid groups (broad SMARTS) is 1.